The molecule has 1 aromatic carbocycles. The van der Waals surface area contributed by atoms with Gasteiger partial charge in [-0.3, -0.25) is 0 Å². The number of nitrogens with zero attached hydrogens (tertiary/aromatic N) is 1. The summed E-state index contributed by atoms with van der Waals surface area (Å²) in [5.74, 6) is 0.663. The van der Waals surface area contributed by atoms with Crippen LogP contribution < -0.4 is 0 Å². The van der Waals surface area contributed by atoms with Gasteiger partial charge in [0.1, 0.15) is 0 Å². The van der Waals surface area contributed by atoms with E-state index >= 15 is 0 Å². The van der Waals surface area contributed by atoms with Crippen LogP contribution in [0.25, 0.3) is 10.9 Å². The first-order valence-electron chi connectivity index (χ1n) is 5.33. The molecule has 2 heteroatoms. The van der Waals surface area contributed by atoms with Gasteiger partial charge >= 0.3 is 0 Å². The van der Waals surface area contributed by atoms with Gasteiger partial charge in [0, 0.05) is 28.7 Å². The summed E-state index contributed by atoms with van der Waals surface area (Å²) in [6, 6.07) is 6.11. The third-order valence-corrected chi connectivity index (χ3v) is 2.84. The number of aryl methyl sites for hydroxylation is 1. The Labute approximate surface area is 95.7 Å². The summed E-state index contributed by atoms with van der Waals surface area (Å²) in [7, 11) is 0. The van der Waals surface area contributed by atoms with E-state index in [4.69, 9.17) is 11.6 Å². The summed E-state index contributed by atoms with van der Waals surface area (Å²) in [4.78, 5) is 0. The number of halogens is 1. The lowest BCUT2D eigenvalue weighted by Gasteiger charge is -2.07. The lowest BCUT2D eigenvalue weighted by atomic mass is 10.2. The number of fused-ring (bicyclic) bond motifs is 1. The van der Waals surface area contributed by atoms with Crippen LogP contribution in [0.5, 0.6) is 0 Å². The van der Waals surface area contributed by atoms with Gasteiger partial charge in [-0.15, -0.1) is 0 Å². The zero-order chi connectivity index (χ0) is 11.0. The predicted molar refractivity (Wildman–Crippen MR) is 66.5 cm³/mol. The van der Waals surface area contributed by atoms with Crippen LogP contribution in [-0.2, 0) is 6.54 Å². The van der Waals surface area contributed by atoms with Crippen molar-refractivity contribution in [2.24, 2.45) is 5.92 Å². The van der Waals surface area contributed by atoms with Gasteiger partial charge in [0.2, 0.25) is 0 Å². The highest BCUT2D eigenvalue weighted by atomic mass is 35.5. The Balaban J connectivity index is 2.57. The Bertz CT molecular complexity index is 482. The molecule has 0 aliphatic carbocycles. The van der Waals surface area contributed by atoms with E-state index in [1.54, 1.807) is 0 Å². The summed E-state index contributed by atoms with van der Waals surface area (Å²) < 4.78 is 2.31. The highest BCUT2D eigenvalue weighted by molar-refractivity contribution is 6.31. The monoisotopic (exact) mass is 221 g/mol. The first-order chi connectivity index (χ1) is 7.08. The van der Waals surface area contributed by atoms with Crippen LogP contribution in [0, 0.1) is 12.8 Å². The second-order valence-corrected chi connectivity index (χ2v) is 4.96. The van der Waals surface area contributed by atoms with Crippen LogP contribution >= 0.6 is 11.6 Å². The molecule has 0 atom stereocenters. The van der Waals surface area contributed by atoms with E-state index in [0.29, 0.717) is 5.92 Å². The molecule has 1 nitrogen and oxygen atoms in total. The van der Waals surface area contributed by atoms with E-state index < -0.39 is 0 Å². The van der Waals surface area contributed by atoms with Gasteiger partial charge in [0.15, 0.2) is 0 Å². The topological polar surface area (TPSA) is 4.93 Å². The van der Waals surface area contributed by atoms with Gasteiger partial charge in [0.05, 0.1) is 0 Å². The average Bonchev–Trinajstić information content (AvgIpc) is 2.42. The van der Waals surface area contributed by atoms with Gasteiger partial charge in [-0.25, -0.2) is 0 Å². The second-order valence-electron chi connectivity index (χ2n) is 4.52. The molecule has 0 aliphatic heterocycles. The number of hydrogen-bond donors (Lipinski definition) is 0. The average molecular weight is 222 g/mol. The summed E-state index contributed by atoms with van der Waals surface area (Å²) in [6.45, 7) is 7.66. The maximum absolute atomic E-state index is 6.00. The molecule has 1 aromatic heterocycles. The van der Waals surface area contributed by atoms with Crippen molar-refractivity contribution in [3.05, 3.63) is 35.0 Å². The Morgan fingerprint density at radius 2 is 2.07 bits per heavy atom. The van der Waals surface area contributed by atoms with Crippen molar-refractivity contribution in [3.63, 3.8) is 0 Å². The van der Waals surface area contributed by atoms with Crippen LogP contribution in [0.4, 0.5) is 0 Å². The minimum absolute atomic E-state index is 0.663. The van der Waals surface area contributed by atoms with Crippen molar-refractivity contribution in [2.75, 3.05) is 0 Å². The number of hydrogen-bond acceptors (Lipinski definition) is 0. The van der Waals surface area contributed by atoms with Gasteiger partial charge in [-0.2, -0.15) is 0 Å². The van der Waals surface area contributed by atoms with Gasteiger partial charge in [-0.1, -0.05) is 25.4 Å². The van der Waals surface area contributed by atoms with E-state index in [0.717, 1.165) is 11.6 Å². The highest BCUT2D eigenvalue weighted by Gasteiger charge is 2.06. The zero-order valence-electron chi connectivity index (χ0n) is 9.42. The molecule has 0 bridgehead atoms. The molecule has 15 heavy (non-hydrogen) atoms. The maximum atomic E-state index is 6.00. The molecule has 0 saturated carbocycles. The number of benzene rings is 1. The first kappa shape index (κ1) is 10.6. The standard InChI is InChI=1S/C13H16ClN/c1-9(2)7-15-8-10(3)12-6-11(14)4-5-13(12)15/h4-6,8-9H,7H2,1-3H3. The Hall–Kier alpha value is -0.950. The zero-order valence-corrected chi connectivity index (χ0v) is 10.2. The fraction of sp³-hybridized carbons (Fsp3) is 0.385. The van der Waals surface area contributed by atoms with Gasteiger partial charge < -0.3 is 4.57 Å². The van der Waals surface area contributed by atoms with Crippen molar-refractivity contribution in [1.29, 1.82) is 0 Å². The quantitative estimate of drug-likeness (QED) is 0.714. The largest absolute Gasteiger partial charge is 0.347 e. The summed E-state index contributed by atoms with van der Waals surface area (Å²) >= 11 is 6.00. The molecule has 0 aliphatic rings. The molecule has 0 saturated heterocycles. The van der Waals surface area contributed by atoms with E-state index in [1.165, 1.54) is 16.5 Å². The summed E-state index contributed by atoms with van der Waals surface area (Å²) in [5, 5.41) is 2.08. The van der Waals surface area contributed by atoms with Gasteiger partial charge in [-0.05, 0) is 36.6 Å². The van der Waals surface area contributed by atoms with Crippen LogP contribution in [0.2, 0.25) is 5.02 Å². The maximum Gasteiger partial charge on any atom is 0.0484 e. The molecule has 2 rings (SSSR count). The molecule has 0 radical (unpaired) electrons. The molecule has 80 valence electrons. The van der Waals surface area contributed by atoms with Crippen molar-refractivity contribution in [1.82, 2.24) is 4.57 Å². The van der Waals surface area contributed by atoms with Crippen LogP contribution in [0.1, 0.15) is 19.4 Å². The summed E-state index contributed by atoms with van der Waals surface area (Å²) in [6.07, 6.45) is 2.21. The fourth-order valence-corrected chi connectivity index (χ4v) is 2.16. The molecule has 0 fully saturated rings. The van der Waals surface area contributed by atoms with Crippen molar-refractivity contribution < 1.29 is 0 Å². The van der Waals surface area contributed by atoms with E-state index in [-0.39, 0.29) is 0 Å². The Kier molecular flexibility index (Phi) is 2.74. The van der Waals surface area contributed by atoms with Crippen LogP contribution in [-0.4, -0.2) is 4.57 Å². The lowest BCUT2D eigenvalue weighted by Crippen LogP contribution is -2.02. The normalized spacial score (nSPS) is 11.5. The molecular weight excluding hydrogens is 206 g/mol. The molecule has 2 aromatic rings. The summed E-state index contributed by atoms with van der Waals surface area (Å²) in [5.41, 5.74) is 2.58. The van der Waals surface area contributed by atoms with Crippen LogP contribution in [0.3, 0.4) is 0 Å². The number of rotatable bonds is 2. The second kappa shape index (κ2) is 3.90. The van der Waals surface area contributed by atoms with E-state index in [9.17, 15) is 0 Å². The highest BCUT2D eigenvalue weighted by Crippen LogP contribution is 2.24. The smallest absolute Gasteiger partial charge is 0.0484 e. The molecule has 0 spiro atoms. The third-order valence-electron chi connectivity index (χ3n) is 2.60. The van der Waals surface area contributed by atoms with Crippen molar-refractivity contribution in [2.45, 2.75) is 27.3 Å². The molecular formula is C13H16ClN. The molecule has 1 heterocycles. The first-order valence-corrected chi connectivity index (χ1v) is 5.70. The van der Waals surface area contributed by atoms with Crippen LogP contribution in [0.15, 0.2) is 24.4 Å². The molecule has 0 N–H and O–H groups in total. The minimum Gasteiger partial charge on any atom is -0.347 e. The Morgan fingerprint density at radius 3 is 2.73 bits per heavy atom. The Morgan fingerprint density at radius 1 is 1.33 bits per heavy atom. The predicted octanol–water partition coefficient (Wildman–Crippen LogP) is 4.26. The SMILES string of the molecule is Cc1cn(CC(C)C)c2ccc(Cl)cc12. The fourth-order valence-electron chi connectivity index (χ4n) is 1.99. The van der Waals surface area contributed by atoms with E-state index in [1.807, 2.05) is 12.1 Å². The van der Waals surface area contributed by atoms with Gasteiger partial charge in [0.25, 0.3) is 0 Å². The molecule has 0 amide bonds. The van der Waals surface area contributed by atoms with Crippen molar-refractivity contribution in [3.8, 4) is 0 Å². The lowest BCUT2D eigenvalue weighted by molar-refractivity contribution is 0.535. The minimum atomic E-state index is 0.663. The van der Waals surface area contributed by atoms with E-state index in [2.05, 4.69) is 37.6 Å². The third kappa shape index (κ3) is 2.03. The van der Waals surface area contributed by atoms with Crippen molar-refractivity contribution >= 4 is 22.5 Å². The number of aromatic nitrogens is 1. The molecule has 0 unspecified atom stereocenters.